The highest BCUT2D eigenvalue weighted by Crippen LogP contribution is 2.40. The molecule has 0 radical (unpaired) electrons. The van der Waals surface area contributed by atoms with Crippen LogP contribution in [-0.2, 0) is 4.79 Å². The molecular formula is C33H37N11O3. The van der Waals surface area contributed by atoms with Crippen molar-refractivity contribution in [3.8, 4) is 11.5 Å². The summed E-state index contributed by atoms with van der Waals surface area (Å²) < 4.78 is 0. The summed E-state index contributed by atoms with van der Waals surface area (Å²) in [6, 6.07) is 10.2. The lowest BCUT2D eigenvalue weighted by Gasteiger charge is -2.27. The van der Waals surface area contributed by atoms with Gasteiger partial charge in [0, 0.05) is 29.8 Å². The Bertz CT molecular complexity index is 1810. The molecule has 5 rings (SSSR count). The van der Waals surface area contributed by atoms with Crippen LogP contribution in [0.25, 0.3) is 5.57 Å². The number of aromatic nitrogens is 8. The zero-order chi connectivity index (χ0) is 33.5. The first-order valence-electron chi connectivity index (χ1n) is 15.3. The fourth-order valence-corrected chi connectivity index (χ4v) is 5.09. The minimum absolute atomic E-state index is 0.00293. The molecule has 0 spiro atoms. The fourth-order valence-electron chi connectivity index (χ4n) is 5.09. The van der Waals surface area contributed by atoms with Crippen molar-refractivity contribution in [2.75, 3.05) is 6.54 Å². The number of hydrogen-bond acceptors (Lipinski definition) is 11. The van der Waals surface area contributed by atoms with Crippen LogP contribution in [0.2, 0.25) is 0 Å². The molecule has 0 unspecified atom stereocenters. The molecule has 1 aliphatic carbocycles. The Kier molecular flexibility index (Phi) is 10.1. The van der Waals surface area contributed by atoms with Crippen LogP contribution < -0.4 is 0 Å². The maximum atomic E-state index is 13.3. The molecule has 4 aromatic rings. The summed E-state index contributed by atoms with van der Waals surface area (Å²) in [7, 11) is 0. The van der Waals surface area contributed by atoms with Gasteiger partial charge >= 0.3 is 0 Å². The molecule has 0 aliphatic heterocycles. The van der Waals surface area contributed by atoms with Crippen LogP contribution in [0, 0.1) is 19.8 Å². The quantitative estimate of drug-likeness (QED) is 0.227. The number of carbonyl (C=O) groups is 1. The van der Waals surface area contributed by atoms with E-state index in [2.05, 4.69) is 41.3 Å². The van der Waals surface area contributed by atoms with Crippen molar-refractivity contribution in [1.82, 2.24) is 45.5 Å². The van der Waals surface area contributed by atoms with Crippen molar-refractivity contribution < 1.29 is 15.0 Å². The Labute approximate surface area is 272 Å². The summed E-state index contributed by atoms with van der Waals surface area (Å²) in [6.45, 7) is 10.1. The van der Waals surface area contributed by atoms with Gasteiger partial charge in [0.25, 0.3) is 0 Å². The van der Waals surface area contributed by atoms with E-state index in [1.54, 1.807) is 62.7 Å². The van der Waals surface area contributed by atoms with Gasteiger partial charge in [0.1, 0.15) is 11.5 Å². The van der Waals surface area contributed by atoms with Crippen molar-refractivity contribution >= 4 is 23.9 Å². The van der Waals surface area contributed by atoms with Crippen molar-refractivity contribution in [1.29, 1.82) is 0 Å². The molecule has 242 valence electrons. The zero-order valence-electron chi connectivity index (χ0n) is 27.0. The third kappa shape index (κ3) is 7.72. The molecule has 1 aliphatic rings. The molecule has 0 saturated heterocycles. The van der Waals surface area contributed by atoms with Gasteiger partial charge in [0.2, 0.25) is 5.91 Å². The first-order chi connectivity index (χ1) is 22.6. The van der Waals surface area contributed by atoms with Crippen LogP contribution in [0.1, 0.15) is 73.9 Å². The molecule has 2 aromatic heterocycles. The van der Waals surface area contributed by atoms with E-state index in [-0.39, 0.29) is 23.3 Å². The number of aromatic hydroxyl groups is 2. The number of nitrogens with zero attached hydrogens (tertiary/aromatic N) is 11. The van der Waals surface area contributed by atoms with Crippen LogP contribution in [-0.4, -0.2) is 80.6 Å². The number of tetrazole rings is 2. The first-order valence-corrected chi connectivity index (χ1v) is 15.3. The van der Waals surface area contributed by atoms with Crippen molar-refractivity contribution in [3.63, 3.8) is 0 Å². The van der Waals surface area contributed by atoms with E-state index in [1.165, 1.54) is 9.58 Å². The van der Waals surface area contributed by atoms with Gasteiger partial charge in [-0.2, -0.15) is 10.2 Å². The van der Waals surface area contributed by atoms with Crippen LogP contribution in [0.5, 0.6) is 11.5 Å². The van der Waals surface area contributed by atoms with Gasteiger partial charge < -0.3 is 15.1 Å². The normalized spacial score (nSPS) is 13.2. The lowest BCUT2D eigenvalue weighted by molar-refractivity contribution is -0.129. The van der Waals surface area contributed by atoms with Gasteiger partial charge in [0.15, 0.2) is 11.6 Å². The molecule has 0 atom stereocenters. The van der Waals surface area contributed by atoms with Gasteiger partial charge in [-0.05, 0) is 124 Å². The van der Waals surface area contributed by atoms with E-state index < -0.39 is 0 Å². The van der Waals surface area contributed by atoms with Crippen LogP contribution in [0.15, 0.2) is 76.1 Å². The SMILES string of the molecule is CCCN(C(=O)CC(C)C)C1=CC(=C(c2cc(C=Nn3nnnc3C)ccc2O)c2cc(C=Nn3nnnc3C)ccc2O)CC=C1. The molecule has 47 heavy (non-hydrogen) atoms. The highest BCUT2D eigenvalue weighted by Gasteiger charge is 2.23. The monoisotopic (exact) mass is 635 g/mol. The first kappa shape index (κ1) is 32.6. The van der Waals surface area contributed by atoms with Gasteiger partial charge in [-0.3, -0.25) is 4.79 Å². The molecule has 14 heteroatoms. The number of aryl methyl sites for hydroxylation is 2. The summed E-state index contributed by atoms with van der Waals surface area (Å²) in [4.78, 5) is 17.7. The van der Waals surface area contributed by atoms with Crippen molar-refractivity contribution in [2.45, 2.75) is 53.9 Å². The Morgan fingerprint density at radius 1 is 0.936 bits per heavy atom. The van der Waals surface area contributed by atoms with Crippen molar-refractivity contribution in [2.24, 2.45) is 16.1 Å². The molecule has 0 fully saturated rings. The molecular weight excluding hydrogens is 598 g/mol. The summed E-state index contributed by atoms with van der Waals surface area (Å²) in [5.74, 6) is 1.27. The standard InChI is InChI=1S/C33H37N11O3/c1-6-14-42(32(47)15-21(2)3)27-9-7-8-26(18-27)33(28-16-24(10-12-30(28)45)19-34-43-22(4)36-38-40-43)29-17-25(11-13-31(29)46)20-35-44-23(5)37-39-41-44/h7,9-13,16-21,45-46H,6,8,14-15H2,1-5H3. The highest BCUT2D eigenvalue weighted by molar-refractivity contribution is 5.93. The van der Waals surface area contributed by atoms with Crippen LogP contribution in [0.4, 0.5) is 0 Å². The predicted molar refractivity (Wildman–Crippen MR) is 177 cm³/mol. The number of phenolic OH excluding ortho intramolecular Hbond substituents is 2. The molecule has 0 saturated carbocycles. The van der Waals surface area contributed by atoms with Gasteiger partial charge in [-0.15, -0.1) is 19.8 Å². The van der Waals surface area contributed by atoms with E-state index in [0.717, 1.165) is 17.7 Å². The number of phenols is 2. The van der Waals surface area contributed by atoms with E-state index in [0.29, 0.717) is 58.9 Å². The van der Waals surface area contributed by atoms with Crippen LogP contribution in [0.3, 0.4) is 0 Å². The van der Waals surface area contributed by atoms with E-state index in [1.807, 2.05) is 43.9 Å². The number of allylic oxidation sites excluding steroid dienone is 4. The Morgan fingerprint density at radius 3 is 1.96 bits per heavy atom. The van der Waals surface area contributed by atoms with E-state index >= 15 is 0 Å². The smallest absolute Gasteiger partial charge is 0.227 e. The second kappa shape index (κ2) is 14.5. The molecule has 2 heterocycles. The minimum Gasteiger partial charge on any atom is -0.507 e. The Morgan fingerprint density at radius 2 is 1.49 bits per heavy atom. The zero-order valence-corrected chi connectivity index (χ0v) is 27.0. The third-order valence-electron chi connectivity index (χ3n) is 7.33. The second-order valence-corrected chi connectivity index (χ2v) is 11.5. The summed E-state index contributed by atoms with van der Waals surface area (Å²) in [5, 5.41) is 54.0. The number of amides is 1. The number of carbonyl (C=O) groups excluding carboxylic acids is 1. The van der Waals surface area contributed by atoms with Crippen LogP contribution >= 0.6 is 0 Å². The molecule has 2 N–H and O–H groups in total. The average molecular weight is 636 g/mol. The maximum absolute atomic E-state index is 13.3. The Hall–Kier alpha value is -5.79. The van der Waals surface area contributed by atoms with Gasteiger partial charge in [-0.1, -0.05) is 26.8 Å². The number of hydrogen-bond donors (Lipinski definition) is 2. The summed E-state index contributed by atoms with van der Waals surface area (Å²) in [5.41, 5.74) is 4.35. The Balaban J connectivity index is 1.68. The molecule has 0 bridgehead atoms. The molecule has 14 nitrogen and oxygen atoms in total. The lowest BCUT2D eigenvalue weighted by Crippen LogP contribution is -2.31. The average Bonchev–Trinajstić information content (AvgIpc) is 3.66. The molecule has 1 amide bonds. The molecule has 2 aromatic carbocycles. The minimum atomic E-state index is -0.00293. The largest absolute Gasteiger partial charge is 0.507 e. The van der Waals surface area contributed by atoms with E-state index in [4.69, 9.17) is 0 Å². The third-order valence-corrected chi connectivity index (χ3v) is 7.33. The maximum Gasteiger partial charge on any atom is 0.227 e. The van der Waals surface area contributed by atoms with Crippen molar-refractivity contribution in [3.05, 3.63) is 99.8 Å². The fraction of sp³-hybridized carbons (Fsp3) is 0.303. The number of rotatable bonds is 11. The highest BCUT2D eigenvalue weighted by atomic mass is 16.3. The summed E-state index contributed by atoms with van der Waals surface area (Å²) >= 11 is 0. The van der Waals surface area contributed by atoms with E-state index in [9.17, 15) is 15.0 Å². The van der Waals surface area contributed by atoms with Gasteiger partial charge in [0.05, 0.1) is 12.4 Å². The topological polar surface area (TPSA) is 173 Å². The van der Waals surface area contributed by atoms with Gasteiger partial charge in [-0.25, -0.2) is 0 Å². The second-order valence-electron chi connectivity index (χ2n) is 11.5. The summed E-state index contributed by atoms with van der Waals surface area (Å²) in [6.07, 6.45) is 10.8. The number of benzene rings is 2. The lowest BCUT2D eigenvalue weighted by atomic mass is 9.87. The predicted octanol–water partition coefficient (Wildman–Crippen LogP) is 4.38.